The number of rotatable bonds is 8. The van der Waals surface area contributed by atoms with Crippen LogP contribution in [0.5, 0.6) is 0 Å². The second-order valence-electron chi connectivity index (χ2n) is 2.93. The summed E-state index contributed by atoms with van der Waals surface area (Å²) in [6, 6.07) is 0. The fraction of sp³-hybridized carbons (Fsp3) is 0.857. The number of nitrogens with two attached hydrogens (primary N) is 2. The molecule has 6 nitrogen and oxygen atoms in total. The summed E-state index contributed by atoms with van der Waals surface area (Å²) in [5, 5.41) is 0. The van der Waals surface area contributed by atoms with E-state index < -0.39 is 15.9 Å². The molecule has 0 aromatic rings. The molecule has 14 heavy (non-hydrogen) atoms. The molecule has 1 amide bonds. The molecule has 0 spiro atoms. The number of sulfonamides is 1. The molecular weight excluding hydrogens is 206 g/mol. The lowest BCUT2D eigenvalue weighted by atomic mass is 10.3. The van der Waals surface area contributed by atoms with Gasteiger partial charge in [-0.3, -0.25) is 4.79 Å². The Morgan fingerprint density at radius 2 is 1.93 bits per heavy atom. The summed E-state index contributed by atoms with van der Waals surface area (Å²) in [6.45, 7) is 0.595. The number of nitrogens with one attached hydrogen (secondary N) is 1. The standard InChI is InChI=1S/C7H17N3O3S/c8-4-2-6-14(12,13)10-5-1-3-7(9)11/h10H,1-6,8H2,(H2,9,11). The number of amides is 1. The van der Waals surface area contributed by atoms with Crippen molar-refractivity contribution in [2.75, 3.05) is 18.8 Å². The molecule has 0 radical (unpaired) electrons. The SMILES string of the molecule is NCCCS(=O)(=O)NCCCC(N)=O. The van der Waals surface area contributed by atoms with E-state index in [0.717, 1.165) is 0 Å². The van der Waals surface area contributed by atoms with E-state index in [1.54, 1.807) is 0 Å². The molecule has 0 bridgehead atoms. The molecule has 0 aliphatic carbocycles. The van der Waals surface area contributed by atoms with Crippen molar-refractivity contribution in [3.63, 3.8) is 0 Å². The summed E-state index contributed by atoms with van der Waals surface area (Å²) < 4.78 is 24.7. The Labute approximate surface area is 84.1 Å². The minimum atomic E-state index is -3.22. The average molecular weight is 223 g/mol. The summed E-state index contributed by atoms with van der Waals surface area (Å²) in [5.74, 6) is -0.397. The van der Waals surface area contributed by atoms with Crippen LogP contribution in [0.4, 0.5) is 0 Å². The van der Waals surface area contributed by atoms with Gasteiger partial charge < -0.3 is 11.5 Å². The minimum Gasteiger partial charge on any atom is -0.370 e. The third-order valence-corrected chi connectivity index (χ3v) is 3.01. The van der Waals surface area contributed by atoms with E-state index >= 15 is 0 Å². The summed E-state index contributed by atoms with van der Waals surface area (Å²) in [4.78, 5) is 10.3. The van der Waals surface area contributed by atoms with Crippen LogP contribution in [0.3, 0.4) is 0 Å². The minimum absolute atomic E-state index is 0.0278. The zero-order chi connectivity index (χ0) is 11.0. The predicted molar refractivity (Wildman–Crippen MR) is 53.9 cm³/mol. The first-order chi connectivity index (χ1) is 6.48. The van der Waals surface area contributed by atoms with E-state index in [2.05, 4.69) is 4.72 Å². The van der Waals surface area contributed by atoms with Crippen LogP contribution in [-0.2, 0) is 14.8 Å². The van der Waals surface area contributed by atoms with Gasteiger partial charge in [-0.2, -0.15) is 0 Å². The van der Waals surface area contributed by atoms with Crippen LogP contribution in [0.25, 0.3) is 0 Å². The van der Waals surface area contributed by atoms with Gasteiger partial charge in [0.2, 0.25) is 15.9 Å². The number of carbonyl (C=O) groups excluding carboxylic acids is 1. The lowest BCUT2D eigenvalue weighted by Gasteiger charge is -2.04. The van der Waals surface area contributed by atoms with E-state index in [1.807, 2.05) is 0 Å². The smallest absolute Gasteiger partial charge is 0.217 e. The maximum Gasteiger partial charge on any atom is 0.217 e. The molecule has 7 heteroatoms. The molecule has 0 rings (SSSR count). The molecule has 0 aromatic carbocycles. The van der Waals surface area contributed by atoms with Crippen LogP contribution >= 0.6 is 0 Å². The topological polar surface area (TPSA) is 115 Å². The van der Waals surface area contributed by atoms with E-state index in [1.165, 1.54) is 0 Å². The van der Waals surface area contributed by atoms with Gasteiger partial charge in [-0.05, 0) is 19.4 Å². The van der Waals surface area contributed by atoms with Gasteiger partial charge in [0, 0.05) is 13.0 Å². The molecule has 0 saturated heterocycles. The molecule has 0 aromatic heterocycles. The monoisotopic (exact) mass is 223 g/mol. The summed E-state index contributed by atoms with van der Waals surface area (Å²) in [5.41, 5.74) is 10.1. The second-order valence-corrected chi connectivity index (χ2v) is 4.85. The molecule has 0 saturated carbocycles. The van der Waals surface area contributed by atoms with Crippen molar-refractivity contribution >= 4 is 15.9 Å². The highest BCUT2D eigenvalue weighted by Gasteiger charge is 2.07. The molecule has 0 heterocycles. The van der Waals surface area contributed by atoms with Gasteiger partial charge in [0.05, 0.1) is 5.75 Å². The van der Waals surface area contributed by atoms with Crippen molar-refractivity contribution in [2.24, 2.45) is 11.5 Å². The first-order valence-corrected chi connectivity index (χ1v) is 6.09. The summed E-state index contributed by atoms with van der Waals surface area (Å²) >= 11 is 0. The number of hydrogen-bond donors (Lipinski definition) is 3. The molecule has 0 aliphatic rings. The maximum absolute atomic E-state index is 11.2. The van der Waals surface area contributed by atoms with Crippen molar-refractivity contribution in [1.82, 2.24) is 4.72 Å². The second kappa shape index (κ2) is 6.74. The van der Waals surface area contributed by atoms with Gasteiger partial charge in [0.15, 0.2) is 0 Å². The van der Waals surface area contributed by atoms with E-state index in [0.29, 0.717) is 19.4 Å². The number of primary amides is 1. The fourth-order valence-electron chi connectivity index (χ4n) is 0.836. The van der Waals surface area contributed by atoms with Gasteiger partial charge in [0.1, 0.15) is 0 Å². The van der Waals surface area contributed by atoms with Crippen LogP contribution in [0.2, 0.25) is 0 Å². The summed E-state index contributed by atoms with van der Waals surface area (Å²) in [6.07, 6.45) is 1.06. The van der Waals surface area contributed by atoms with Crippen LogP contribution < -0.4 is 16.2 Å². The van der Waals surface area contributed by atoms with Crippen molar-refractivity contribution in [2.45, 2.75) is 19.3 Å². The first kappa shape index (κ1) is 13.3. The Bertz CT molecular complexity index is 263. The molecule has 84 valence electrons. The number of hydrogen-bond acceptors (Lipinski definition) is 4. The lowest BCUT2D eigenvalue weighted by molar-refractivity contribution is -0.118. The zero-order valence-corrected chi connectivity index (χ0v) is 8.85. The van der Waals surface area contributed by atoms with Crippen LogP contribution in [0.15, 0.2) is 0 Å². The van der Waals surface area contributed by atoms with E-state index in [4.69, 9.17) is 11.5 Å². The Kier molecular flexibility index (Phi) is 6.43. The van der Waals surface area contributed by atoms with Crippen LogP contribution in [-0.4, -0.2) is 33.2 Å². The molecule has 0 atom stereocenters. The zero-order valence-electron chi connectivity index (χ0n) is 8.03. The first-order valence-electron chi connectivity index (χ1n) is 4.43. The third-order valence-electron chi connectivity index (χ3n) is 1.54. The van der Waals surface area contributed by atoms with Gasteiger partial charge in [-0.25, -0.2) is 13.1 Å². The Morgan fingerprint density at radius 1 is 1.29 bits per heavy atom. The van der Waals surface area contributed by atoms with Crippen molar-refractivity contribution in [3.8, 4) is 0 Å². The Hall–Kier alpha value is -0.660. The molecule has 0 aliphatic heterocycles. The van der Waals surface area contributed by atoms with Gasteiger partial charge >= 0.3 is 0 Å². The molecular formula is C7H17N3O3S. The highest BCUT2D eigenvalue weighted by molar-refractivity contribution is 7.89. The van der Waals surface area contributed by atoms with Crippen LogP contribution in [0, 0.1) is 0 Å². The number of carbonyl (C=O) groups is 1. The largest absolute Gasteiger partial charge is 0.370 e. The molecule has 5 N–H and O–H groups in total. The van der Waals surface area contributed by atoms with Crippen molar-refractivity contribution in [3.05, 3.63) is 0 Å². The maximum atomic E-state index is 11.2. The van der Waals surface area contributed by atoms with Crippen molar-refractivity contribution < 1.29 is 13.2 Å². The van der Waals surface area contributed by atoms with Gasteiger partial charge in [-0.1, -0.05) is 0 Å². The summed E-state index contributed by atoms with van der Waals surface area (Å²) in [7, 11) is -3.22. The van der Waals surface area contributed by atoms with E-state index in [-0.39, 0.29) is 18.7 Å². The predicted octanol–water partition coefficient (Wildman–Crippen LogP) is -1.48. The molecule has 0 fully saturated rings. The van der Waals surface area contributed by atoms with Gasteiger partial charge in [-0.15, -0.1) is 0 Å². The van der Waals surface area contributed by atoms with Crippen molar-refractivity contribution in [1.29, 1.82) is 0 Å². The molecule has 0 unspecified atom stereocenters. The normalized spacial score (nSPS) is 11.5. The van der Waals surface area contributed by atoms with Gasteiger partial charge in [0.25, 0.3) is 0 Å². The van der Waals surface area contributed by atoms with Crippen LogP contribution in [0.1, 0.15) is 19.3 Å². The lowest BCUT2D eigenvalue weighted by Crippen LogP contribution is -2.29. The van der Waals surface area contributed by atoms with E-state index in [9.17, 15) is 13.2 Å². The average Bonchev–Trinajstić information content (AvgIpc) is 2.09. The fourth-order valence-corrected chi connectivity index (χ4v) is 1.98. The third kappa shape index (κ3) is 7.96. The highest BCUT2D eigenvalue weighted by atomic mass is 32.2. The highest BCUT2D eigenvalue weighted by Crippen LogP contribution is 1.90. The quantitative estimate of drug-likeness (QED) is 0.435. The Morgan fingerprint density at radius 3 is 2.43 bits per heavy atom. The Balaban J connectivity index is 3.61.